The minimum absolute atomic E-state index is 0.255. The van der Waals surface area contributed by atoms with Crippen molar-refractivity contribution in [3.63, 3.8) is 0 Å². The average molecular weight is 320 g/mol. The summed E-state index contributed by atoms with van der Waals surface area (Å²) in [5.41, 5.74) is 1.31. The van der Waals surface area contributed by atoms with Crippen molar-refractivity contribution >= 4 is 27.5 Å². The fourth-order valence-corrected chi connectivity index (χ4v) is 2.48. The van der Waals surface area contributed by atoms with Crippen molar-refractivity contribution in [1.29, 1.82) is 0 Å². The second kappa shape index (κ2) is 4.71. The molecule has 1 amide bonds. The molecule has 1 atom stereocenters. The second-order valence-electron chi connectivity index (χ2n) is 4.20. The Morgan fingerprint density at radius 3 is 2.79 bits per heavy atom. The van der Waals surface area contributed by atoms with Crippen LogP contribution >= 0.6 is 15.9 Å². The monoisotopic (exact) mass is 319 g/mol. The van der Waals surface area contributed by atoms with Crippen LogP contribution in [0.25, 0.3) is 0 Å². The van der Waals surface area contributed by atoms with E-state index >= 15 is 0 Å². The van der Waals surface area contributed by atoms with Crippen LogP contribution in [0.1, 0.15) is 17.5 Å². The third kappa shape index (κ3) is 2.13. The summed E-state index contributed by atoms with van der Waals surface area (Å²) in [6.07, 6.45) is 2.14. The lowest BCUT2D eigenvalue weighted by atomic mass is 10.1. The van der Waals surface area contributed by atoms with Crippen molar-refractivity contribution in [2.45, 2.75) is 12.6 Å². The smallest absolute Gasteiger partial charge is 0.260 e. The van der Waals surface area contributed by atoms with E-state index < -0.39 is 6.10 Å². The number of nitrogens with zero attached hydrogens (tertiary/aromatic N) is 3. The van der Waals surface area contributed by atoms with Gasteiger partial charge in [0.1, 0.15) is 5.82 Å². The van der Waals surface area contributed by atoms with Crippen molar-refractivity contribution in [1.82, 2.24) is 9.97 Å². The Bertz CT molecular complexity index is 633. The summed E-state index contributed by atoms with van der Waals surface area (Å²) in [5, 5.41) is 9.97. The second-order valence-corrected chi connectivity index (χ2v) is 5.11. The first-order valence-corrected chi connectivity index (χ1v) is 6.51. The van der Waals surface area contributed by atoms with Gasteiger partial charge in [-0.15, -0.1) is 0 Å². The van der Waals surface area contributed by atoms with E-state index in [9.17, 15) is 9.90 Å². The summed E-state index contributed by atoms with van der Waals surface area (Å²) < 4.78 is 0.830. The Kier molecular flexibility index (Phi) is 3.04. The lowest BCUT2D eigenvalue weighted by molar-refractivity contribution is -0.125. The van der Waals surface area contributed by atoms with Crippen molar-refractivity contribution in [3.8, 4) is 0 Å². The Morgan fingerprint density at radius 1 is 1.32 bits per heavy atom. The molecule has 3 rings (SSSR count). The first-order chi connectivity index (χ1) is 9.16. The van der Waals surface area contributed by atoms with Gasteiger partial charge in [-0.05, 0) is 24.3 Å². The van der Waals surface area contributed by atoms with E-state index in [-0.39, 0.29) is 12.5 Å². The molecule has 96 valence electrons. The number of aliphatic hydroxyl groups excluding tert-OH is 1. The fraction of sp³-hybridized carbons (Fsp3) is 0.154. The molecule has 2 heterocycles. The Hall–Kier alpha value is -1.79. The van der Waals surface area contributed by atoms with Crippen molar-refractivity contribution in [2.24, 2.45) is 0 Å². The molecular formula is C13H10BrN3O2. The van der Waals surface area contributed by atoms with Crippen LogP contribution in [0.4, 0.5) is 5.69 Å². The average Bonchev–Trinajstić information content (AvgIpc) is 2.65. The highest BCUT2D eigenvalue weighted by Gasteiger charge is 2.36. The number of hydrogen-bond acceptors (Lipinski definition) is 4. The summed E-state index contributed by atoms with van der Waals surface area (Å²) in [5.74, 6) is 0.194. The van der Waals surface area contributed by atoms with Gasteiger partial charge in [-0.1, -0.05) is 15.9 Å². The number of carbonyl (C=O) groups excluding carboxylic acids is 1. The number of fused-ring (bicyclic) bond motifs is 1. The van der Waals surface area contributed by atoms with Gasteiger partial charge < -0.3 is 10.0 Å². The number of aromatic nitrogens is 2. The number of aliphatic hydroxyl groups is 1. The van der Waals surface area contributed by atoms with Gasteiger partial charge in [-0.25, -0.2) is 9.97 Å². The predicted octanol–water partition coefficient (Wildman–Crippen LogP) is 1.82. The molecule has 1 aromatic heterocycles. The van der Waals surface area contributed by atoms with Crippen LogP contribution in [0.2, 0.25) is 0 Å². The zero-order valence-corrected chi connectivity index (χ0v) is 11.4. The van der Waals surface area contributed by atoms with Gasteiger partial charge in [-0.3, -0.25) is 4.79 Å². The highest BCUT2D eigenvalue weighted by Crippen LogP contribution is 2.37. The zero-order valence-electron chi connectivity index (χ0n) is 9.82. The molecular weight excluding hydrogens is 310 g/mol. The highest BCUT2D eigenvalue weighted by molar-refractivity contribution is 9.10. The number of benzene rings is 1. The third-order valence-electron chi connectivity index (χ3n) is 2.99. The SMILES string of the molecule is O=C1C(O)c2cc(Br)ccc2N1Cc1ncccn1. The maximum Gasteiger partial charge on any atom is 0.260 e. The molecule has 2 aromatic rings. The molecule has 0 saturated carbocycles. The summed E-state index contributed by atoms with van der Waals surface area (Å²) in [6, 6.07) is 7.11. The van der Waals surface area contributed by atoms with Gasteiger partial charge in [0.15, 0.2) is 6.10 Å². The molecule has 19 heavy (non-hydrogen) atoms. The van der Waals surface area contributed by atoms with Crippen LogP contribution < -0.4 is 4.90 Å². The van der Waals surface area contributed by atoms with E-state index in [1.54, 1.807) is 30.6 Å². The Morgan fingerprint density at radius 2 is 2.05 bits per heavy atom. The summed E-state index contributed by atoms with van der Waals surface area (Å²) in [7, 11) is 0. The zero-order chi connectivity index (χ0) is 13.4. The lowest BCUT2D eigenvalue weighted by Crippen LogP contribution is -2.28. The van der Waals surface area contributed by atoms with Crippen LogP contribution in [0.5, 0.6) is 0 Å². The van der Waals surface area contributed by atoms with E-state index in [2.05, 4.69) is 25.9 Å². The highest BCUT2D eigenvalue weighted by atomic mass is 79.9. The van der Waals surface area contributed by atoms with Gasteiger partial charge in [0.25, 0.3) is 5.91 Å². The van der Waals surface area contributed by atoms with Gasteiger partial charge in [-0.2, -0.15) is 0 Å². The minimum atomic E-state index is -1.11. The van der Waals surface area contributed by atoms with Crippen molar-refractivity contribution < 1.29 is 9.90 Å². The molecule has 1 aliphatic rings. The molecule has 0 saturated heterocycles. The number of amides is 1. The Balaban J connectivity index is 1.98. The van der Waals surface area contributed by atoms with E-state index in [0.29, 0.717) is 17.1 Å². The van der Waals surface area contributed by atoms with Gasteiger partial charge in [0, 0.05) is 22.4 Å². The largest absolute Gasteiger partial charge is 0.378 e. The van der Waals surface area contributed by atoms with E-state index in [0.717, 1.165) is 4.47 Å². The fourth-order valence-electron chi connectivity index (χ4n) is 2.11. The summed E-state index contributed by atoms with van der Waals surface area (Å²) in [4.78, 5) is 21.8. The molecule has 0 radical (unpaired) electrons. The summed E-state index contributed by atoms with van der Waals surface area (Å²) in [6.45, 7) is 0.255. The number of carbonyl (C=O) groups is 1. The standard InChI is InChI=1S/C13H10BrN3O2/c14-8-2-3-10-9(6-8)12(18)13(19)17(10)7-11-15-4-1-5-16-11/h1-6,12,18H,7H2. The quantitative estimate of drug-likeness (QED) is 0.917. The molecule has 6 heteroatoms. The Labute approximate surface area is 118 Å². The number of anilines is 1. The van der Waals surface area contributed by atoms with Crippen molar-refractivity contribution in [2.75, 3.05) is 4.90 Å². The number of rotatable bonds is 2. The minimum Gasteiger partial charge on any atom is -0.378 e. The van der Waals surface area contributed by atoms with Crippen LogP contribution in [0.15, 0.2) is 41.1 Å². The molecule has 1 aliphatic heterocycles. The van der Waals surface area contributed by atoms with E-state index in [4.69, 9.17) is 0 Å². The van der Waals surface area contributed by atoms with E-state index in [1.165, 1.54) is 4.90 Å². The molecule has 0 fully saturated rings. The van der Waals surface area contributed by atoms with Crippen LogP contribution in [0.3, 0.4) is 0 Å². The topological polar surface area (TPSA) is 66.3 Å². The van der Waals surface area contributed by atoms with Crippen LogP contribution in [0, 0.1) is 0 Å². The molecule has 0 bridgehead atoms. The molecule has 0 spiro atoms. The molecule has 1 unspecified atom stereocenters. The number of halogens is 1. The molecule has 1 N–H and O–H groups in total. The van der Waals surface area contributed by atoms with Crippen LogP contribution in [-0.4, -0.2) is 21.0 Å². The van der Waals surface area contributed by atoms with Gasteiger partial charge in [0.2, 0.25) is 0 Å². The van der Waals surface area contributed by atoms with E-state index in [1.807, 2.05) is 6.07 Å². The van der Waals surface area contributed by atoms with Crippen LogP contribution in [-0.2, 0) is 11.3 Å². The lowest BCUT2D eigenvalue weighted by Gasteiger charge is -2.16. The number of hydrogen-bond donors (Lipinski definition) is 1. The normalized spacial score (nSPS) is 17.7. The van der Waals surface area contributed by atoms with Gasteiger partial charge >= 0.3 is 0 Å². The molecule has 5 nitrogen and oxygen atoms in total. The predicted molar refractivity (Wildman–Crippen MR) is 72.3 cm³/mol. The molecule has 1 aromatic carbocycles. The first kappa shape index (κ1) is 12.3. The maximum absolute atomic E-state index is 12.1. The molecule has 0 aliphatic carbocycles. The maximum atomic E-state index is 12.1. The van der Waals surface area contributed by atoms with Crippen molar-refractivity contribution in [3.05, 3.63) is 52.5 Å². The first-order valence-electron chi connectivity index (χ1n) is 5.71. The summed E-state index contributed by atoms with van der Waals surface area (Å²) >= 11 is 3.33. The third-order valence-corrected chi connectivity index (χ3v) is 3.49. The van der Waals surface area contributed by atoms with Gasteiger partial charge in [0.05, 0.1) is 12.2 Å².